The Balaban J connectivity index is 1.13. The third-order valence-electron chi connectivity index (χ3n) is 6.50. The zero-order valence-electron chi connectivity index (χ0n) is 23.0. The molecule has 0 saturated heterocycles. The highest BCUT2D eigenvalue weighted by molar-refractivity contribution is 8.13. The number of benzene rings is 3. The first-order chi connectivity index (χ1) is 20.0. The van der Waals surface area contributed by atoms with Gasteiger partial charge in [-0.05, 0) is 86.3 Å². The van der Waals surface area contributed by atoms with E-state index in [1.165, 1.54) is 18.7 Å². The van der Waals surface area contributed by atoms with Gasteiger partial charge in [-0.25, -0.2) is 0 Å². The van der Waals surface area contributed by atoms with Gasteiger partial charge >= 0.3 is 11.9 Å². The van der Waals surface area contributed by atoms with Crippen molar-refractivity contribution in [2.75, 3.05) is 25.6 Å². The monoisotopic (exact) mass is 578 g/mol. The predicted molar refractivity (Wildman–Crippen MR) is 156 cm³/mol. The van der Waals surface area contributed by atoms with Crippen LogP contribution in [0, 0.1) is 11.8 Å². The number of hydrogen-bond donors (Lipinski definition) is 0. The van der Waals surface area contributed by atoms with Crippen LogP contribution in [0.5, 0.6) is 28.7 Å². The largest absolute Gasteiger partial charge is 0.493 e. The maximum Gasteiger partial charge on any atom is 0.314 e. The normalized spacial score (nSPS) is 16.3. The second kappa shape index (κ2) is 15.7. The van der Waals surface area contributed by atoms with E-state index in [-0.39, 0.29) is 28.9 Å². The summed E-state index contributed by atoms with van der Waals surface area (Å²) in [6.45, 7) is 2.75. The van der Waals surface area contributed by atoms with Gasteiger partial charge in [0.15, 0.2) is 5.12 Å². The molecule has 0 aromatic heterocycles. The lowest BCUT2D eigenvalue weighted by Crippen LogP contribution is -2.30. The Morgan fingerprint density at radius 1 is 0.585 bits per heavy atom. The van der Waals surface area contributed by atoms with Crippen molar-refractivity contribution < 1.29 is 38.1 Å². The first-order valence-corrected chi connectivity index (χ1v) is 14.6. The highest BCUT2D eigenvalue weighted by atomic mass is 32.2. The van der Waals surface area contributed by atoms with Crippen molar-refractivity contribution in [2.45, 2.75) is 32.6 Å². The number of thioether (sulfide) groups is 1. The van der Waals surface area contributed by atoms with E-state index in [1.807, 2.05) is 30.3 Å². The SMILES string of the molecule is CC(=O)SCCOc1ccc(OC(=O)[C@H]2CC[C@H](C(=O)Oc3ccc(OCCOc4ccccc4)cc3)CC2)cc1. The Morgan fingerprint density at radius 3 is 1.41 bits per heavy atom. The summed E-state index contributed by atoms with van der Waals surface area (Å²) in [5, 5.41) is 0.0554. The second-order valence-corrected chi connectivity index (χ2v) is 10.8. The van der Waals surface area contributed by atoms with Crippen LogP contribution in [0.4, 0.5) is 0 Å². The quantitative estimate of drug-likeness (QED) is 0.135. The van der Waals surface area contributed by atoms with Crippen LogP contribution < -0.4 is 23.7 Å². The molecule has 0 unspecified atom stereocenters. The summed E-state index contributed by atoms with van der Waals surface area (Å²) in [6, 6.07) is 23.3. The molecule has 3 aromatic rings. The number of ether oxygens (including phenoxy) is 5. The summed E-state index contributed by atoms with van der Waals surface area (Å²) in [7, 11) is 0. The Kier molecular flexibility index (Phi) is 11.5. The summed E-state index contributed by atoms with van der Waals surface area (Å²) < 4.78 is 28.0. The number of rotatable bonds is 13. The second-order valence-electron chi connectivity index (χ2n) is 9.53. The van der Waals surface area contributed by atoms with Crippen molar-refractivity contribution in [1.29, 1.82) is 0 Å². The Labute approximate surface area is 244 Å². The van der Waals surface area contributed by atoms with Crippen LogP contribution in [-0.2, 0) is 14.4 Å². The van der Waals surface area contributed by atoms with E-state index in [9.17, 15) is 14.4 Å². The van der Waals surface area contributed by atoms with Crippen molar-refractivity contribution in [3.8, 4) is 28.7 Å². The summed E-state index contributed by atoms with van der Waals surface area (Å²) in [5.74, 6) is 2.45. The van der Waals surface area contributed by atoms with Gasteiger partial charge in [0.1, 0.15) is 42.0 Å². The van der Waals surface area contributed by atoms with E-state index in [0.717, 1.165) is 5.75 Å². The summed E-state index contributed by atoms with van der Waals surface area (Å²) in [5.41, 5.74) is 0. The molecular weight excluding hydrogens is 544 g/mol. The third-order valence-corrected chi connectivity index (χ3v) is 7.28. The molecule has 0 spiro atoms. The maximum atomic E-state index is 12.7. The zero-order valence-corrected chi connectivity index (χ0v) is 23.8. The van der Waals surface area contributed by atoms with Crippen molar-refractivity contribution in [3.63, 3.8) is 0 Å². The minimum atomic E-state index is -0.298. The van der Waals surface area contributed by atoms with Crippen LogP contribution in [0.1, 0.15) is 32.6 Å². The van der Waals surface area contributed by atoms with Crippen LogP contribution in [0.15, 0.2) is 78.9 Å². The molecule has 0 aliphatic heterocycles. The fraction of sp³-hybridized carbons (Fsp3) is 0.344. The van der Waals surface area contributed by atoms with Gasteiger partial charge in [-0.3, -0.25) is 14.4 Å². The van der Waals surface area contributed by atoms with Gasteiger partial charge in [-0.1, -0.05) is 30.0 Å². The molecule has 0 N–H and O–H groups in total. The minimum Gasteiger partial charge on any atom is -0.493 e. The topological polar surface area (TPSA) is 97.4 Å². The van der Waals surface area contributed by atoms with Crippen LogP contribution >= 0.6 is 11.8 Å². The van der Waals surface area contributed by atoms with Gasteiger partial charge in [0, 0.05) is 12.7 Å². The molecule has 41 heavy (non-hydrogen) atoms. The fourth-order valence-electron chi connectivity index (χ4n) is 4.35. The zero-order chi connectivity index (χ0) is 28.9. The molecule has 0 heterocycles. The highest BCUT2D eigenvalue weighted by Gasteiger charge is 2.32. The molecule has 0 radical (unpaired) electrons. The molecule has 0 amide bonds. The Bertz CT molecular complexity index is 1250. The lowest BCUT2D eigenvalue weighted by Gasteiger charge is -2.25. The molecule has 3 aromatic carbocycles. The molecule has 216 valence electrons. The van der Waals surface area contributed by atoms with E-state index in [1.54, 1.807) is 48.5 Å². The van der Waals surface area contributed by atoms with E-state index in [2.05, 4.69) is 0 Å². The third kappa shape index (κ3) is 10.2. The molecule has 0 atom stereocenters. The van der Waals surface area contributed by atoms with Gasteiger partial charge in [0.05, 0.1) is 18.4 Å². The average molecular weight is 579 g/mol. The molecular formula is C32H34O8S. The number of hydrogen-bond acceptors (Lipinski definition) is 9. The smallest absolute Gasteiger partial charge is 0.314 e. The van der Waals surface area contributed by atoms with E-state index in [4.69, 9.17) is 23.7 Å². The molecule has 8 nitrogen and oxygen atoms in total. The number of esters is 2. The molecule has 9 heteroatoms. The van der Waals surface area contributed by atoms with E-state index in [0.29, 0.717) is 74.3 Å². The van der Waals surface area contributed by atoms with Gasteiger partial charge in [0.2, 0.25) is 0 Å². The Hall–Kier alpha value is -3.98. The van der Waals surface area contributed by atoms with Gasteiger partial charge in [-0.15, -0.1) is 0 Å². The van der Waals surface area contributed by atoms with Crippen LogP contribution in [-0.4, -0.2) is 42.6 Å². The Morgan fingerprint density at radius 2 is 0.976 bits per heavy atom. The predicted octanol–water partition coefficient (Wildman–Crippen LogP) is 6.12. The van der Waals surface area contributed by atoms with Crippen LogP contribution in [0.25, 0.3) is 0 Å². The molecule has 1 saturated carbocycles. The lowest BCUT2D eigenvalue weighted by molar-refractivity contribution is -0.145. The van der Waals surface area contributed by atoms with Crippen molar-refractivity contribution in [3.05, 3.63) is 78.9 Å². The molecule has 1 aliphatic carbocycles. The minimum absolute atomic E-state index is 0.0554. The van der Waals surface area contributed by atoms with Gasteiger partial charge in [0.25, 0.3) is 0 Å². The molecule has 1 fully saturated rings. The van der Waals surface area contributed by atoms with Crippen molar-refractivity contribution in [2.24, 2.45) is 11.8 Å². The van der Waals surface area contributed by atoms with Crippen molar-refractivity contribution >= 4 is 28.8 Å². The average Bonchev–Trinajstić information content (AvgIpc) is 2.99. The molecule has 4 rings (SSSR count). The highest BCUT2D eigenvalue weighted by Crippen LogP contribution is 2.32. The number of carbonyl (C=O) groups is 3. The number of carbonyl (C=O) groups excluding carboxylic acids is 3. The first kappa shape index (κ1) is 30.0. The first-order valence-electron chi connectivity index (χ1n) is 13.7. The van der Waals surface area contributed by atoms with Crippen LogP contribution in [0.2, 0.25) is 0 Å². The van der Waals surface area contributed by atoms with E-state index >= 15 is 0 Å². The molecule has 0 bridgehead atoms. The standard InChI is InChI=1S/C32H34O8S/c1-23(33)41-22-21-38-28-13-17-30(18-14-28)40-32(35)25-9-7-24(8-10-25)31(34)39-29-15-11-27(12-16-29)37-20-19-36-26-5-3-2-4-6-26/h2-6,11-18,24-25H,7-10,19-22H2,1H3/t24-,25-. The van der Waals surface area contributed by atoms with E-state index < -0.39 is 0 Å². The summed E-state index contributed by atoms with van der Waals surface area (Å²) in [4.78, 5) is 36.3. The summed E-state index contributed by atoms with van der Waals surface area (Å²) in [6.07, 6.45) is 2.25. The van der Waals surface area contributed by atoms with Gasteiger partial charge < -0.3 is 23.7 Å². The van der Waals surface area contributed by atoms with Crippen molar-refractivity contribution in [1.82, 2.24) is 0 Å². The molecule has 1 aliphatic rings. The maximum absolute atomic E-state index is 12.7. The fourth-order valence-corrected chi connectivity index (χ4v) is 4.81. The summed E-state index contributed by atoms with van der Waals surface area (Å²) >= 11 is 1.21. The lowest BCUT2D eigenvalue weighted by atomic mass is 9.82. The van der Waals surface area contributed by atoms with Crippen LogP contribution in [0.3, 0.4) is 0 Å². The number of para-hydroxylation sites is 1. The van der Waals surface area contributed by atoms with Gasteiger partial charge in [-0.2, -0.15) is 0 Å².